The van der Waals surface area contributed by atoms with Gasteiger partial charge in [-0.1, -0.05) is 66.9 Å². The zero-order valence-electron chi connectivity index (χ0n) is 12.3. The summed E-state index contributed by atoms with van der Waals surface area (Å²) in [6.45, 7) is 23.3. The van der Waals surface area contributed by atoms with Gasteiger partial charge in [0.1, 0.15) is 0 Å². The predicted octanol–water partition coefficient (Wildman–Crippen LogP) is 5.84. The van der Waals surface area contributed by atoms with Crippen LogP contribution in [-0.2, 0) is 0 Å². The van der Waals surface area contributed by atoms with Crippen molar-refractivity contribution < 1.29 is 0 Å². The van der Waals surface area contributed by atoms with E-state index < -0.39 is 0 Å². The molecule has 0 atom stereocenters. The normalized spacial score (nSPS) is 12.4. The Kier molecular flexibility index (Phi) is 6.23. The molecule has 0 fully saturated rings. The Morgan fingerprint density at radius 1 is 1.06 bits per heavy atom. The SMILES string of the molecule is C=C(CC)C(=C)/C(=C\C(=C)C(C)(C)C)CCC. The van der Waals surface area contributed by atoms with Gasteiger partial charge < -0.3 is 0 Å². The molecule has 0 heteroatoms. The van der Waals surface area contributed by atoms with Crippen LogP contribution < -0.4 is 0 Å². The Bertz CT molecular complexity index is 332. The van der Waals surface area contributed by atoms with E-state index in [4.69, 9.17) is 0 Å². The van der Waals surface area contributed by atoms with Crippen molar-refractivity contribution >= 4 is 0 Å². The highest BCUT2D eigenvalue weighted by atomic mass is 14.2. The predicted molar refractivity (Wildman–Crippen MR) is 80.2 cm³/mol. The fraction of sp³-hybridized carbons (Fsp3) is 0.529. The van der Waals surface area contributed by atoms with Gasteiger partial charge in [-0.05, 0) is 40.5 Å². The molecule has 0 bridgehead atoms. The summed E-state index contributed by atoms with van der Waals surface area (Å²) in [6.07, 6.45) is 5.33. The standard InChI is InChI=1S/C17H28/c1-9-11-16(15(5)13(3)10-2)12-14(4)17(6,7)8/h12H,3-5,9-11H2,1-2,6-8H3/b16-12-. The van der Waals surface area contributed by atoms with Crippen molar-refractivity contribution in [2.24, 2.45) is 5.41 Å². The average Bonchev–Trinajstić information content (AvgIpc) is 2.25. The van der Waals surface area contributed by atoms with Gasteiger partial charge in [0.05, 0.1) is 0 Å². The van der Waals surface area contributed by atoms with Crippen molar-refractivity contribution in [1.29, 1.82) is 0 Å². The van der Waals surface area contributed by atoms with E-state index >= 15 is 0 Å². The quantitative estimate of drug-likeness (QED) is 0.505. The van der Waals surface area contributed by atoms with Crippen molar-refractivity contribution in [3.63, 3.8) is 0 Å². The summed E-state index contributed by atoms with van der Waals surface area (Å²) in [7, 11) is 0. The summed E-state index contributed by atoms with van der Waals surface area (Å²) in [5.74, 6) is 0. The van der Waals surface area contributed by atoms with Crippen molar-refractivity contribution in [2.45, 2.75) is 53.9 Å². The van der Waals surface area contributed by atoms with Gasteiger partial charge in [0, 0.05) is 0 Å². The van der Waals surface area contributed by atoms with Gasteiger partial charge in [0.2, 0.25) is 0 Å². The Labute approximate surface area is 108 Å². The third-order valence-corrected chi connectivity index (χ3v) is 3.07. The van der Waals surface area contributed by atoms with Crippen LogP contribution in [0.3, 0.4) is 0 Å². The first-order chi connectivity index (χ1) is 7.73. The van der Waals surface area contributed by atoms with Crippen molar-refractivity contribution in [1.82, 2.24) is 0 Å². The first-order valence-corrected chi connectivity index (χ1v) is 6.51. The van der Waals surface area contributed by atoms with Gasteiger partial charge >= 0.3 is 0 Å². The molecule has 0 heterocycles. The maximum atomic E-state index is 4.17. The van der Waals surface area contributed by atoms with Crippen molar-refractivity contribution in [2.75, 3.05) is 0 Å². The third kappa shape index (κ3) is 5.21. The molecule has 0 nitrogen and oxygen atoms in total. The third-order valence-electron chi connectivity index (χ3n) is 3.07. The minimum absolute atomic E-state index is 0.118. The molecular formula is C17H28. The molecule has 0 aliphatic rings. The van der Waals surface area contributed by atoms with Gasteiger partial charge in [-0.2, -0.15) is 0 Å². The molecule has 0 amide bonds. The largest absolute Gasteiger partial charge is 0.0953 e. The van der Waals surface area contributed by atoms with Gasteiger partial charge in [-0.3, -0.25) is 0 Å². The fourth-order valence-corrected chi connectivity index (χ4v) is 1.45. The molecule has 0 rings (SSSR count). The van der Waals surface area contributed by atoms with E-state index in [0.29, 0.717) is 0 Å². The molecule has 0 N–H and O–H groups in total. The molecular weight excluding hydrogens is 204 g/mol. The monoisotopic (exact) mass is 232 g/mol. The minimum Gasteiger partial charge on any atom is -0.0953 e. The molecule has 0 aromatic carbocycles. The molecule has 0 spiro atoms. The Morgan fingerprint density at radius 2 is 1.59 bits per heavy atom. The highest BCUT2D eigenvalue weighted by Crippen LogP contribution is 2.30. The topological polar surface area (TPSA) is 0 Å². The number of hydrogen-bond donors (Lipinski definition) is 0. The second kappa shape index (κ2) is 6.64. The molecule has 0 unspecified atom stereocenters. The number of hydrogen-bond acceptors (Lipinski definition) is 0. The lowest BCUT2D eigenvalue weighted by molar-refractivity contribution is 0.518. The first kappa shape index (κ1) is 16.0. The maximum absolute atomic E-state index is 4.17. The van der Waals surface area contributed by atoms with Crippen LogP contribution in [0.15, 0.2) is 48.1 Å². The highest BCUT2D eigenvalue weighted by molar-refractivity contribution is 5.46. The summed E-state index contributed by atoms with van der Waals surface area (Å²) in [5.41, 5.74) is 4.80. The van der Waals surface area contributed by atoms with Gasteiger partial charge in [-0.25, -0.2) is 0 Å². The van der Waals surface area contributed by atoms with Crippen LogP contribution in [-0.4, -0.2) is 0 Å². The van der Waals surface area contributed by atoms with E-state index in [0.717, 1.165) is 36.0 Å². The van der Waals surface area contributed by atoms with E-state index in [2.05, 4.69) is 60.4 Å². The molecule has 17 heavy (non-hydrogen) atoms. The van der Waals surface area contributed by atoms with Crippen LogP contribution in [0, 0.1) is 5.41 Å². The second-order valence-electron chi connectivity index (χ2n) is 5.63. The summed E-state index contributed by atoms with van der Waals surface area (Å²) in [4.78, 5) is 0. The molecule has 0 aromatic rings. The molecule has 0 aliphatic heterocycles. The zero-order valence-corrected chi connectivity index (χ0v) is 12.3. The first-order valence-electron chi connectivity index (χ1n) is 6.51. The van der Waals surface area contributed by atoms with Crippen LogP contribution >= 0.6 is 0 Å². The van der Waals surface area contributed by atoms with E-state index in [1.807, 2.05) is 0 Å². The summed E-state index contributed by atoms with van der Waals surface area (Å²) in [6, 6.07) is 0. The second-order valence-corrected chi connectivity index (χ2v) is 5.63. The van der Waals surface area contributed by atoms with Crippen LogP contribution in [0.25, 0.3) is 0 Å². The lowest BCUT2D eigenvalue weighted by Gasteiger charge is -2.21. The van der Waals surface area contributed by atoms with Crippen molar-refractivity contribution in [3.05, 3.63) is 48.1 Å². The molecule has 0 aliphatic carbocycles. The van der Waals surface area contributed by atoms with E-state index in [9.17, 15) is 0 Å². The van der Waals surface area contributed by atoms with Gasteiger partial charge in [-0.15, -0.1) is 0 Å². The van der Waals surface area contributed by atoms with Crippen molar-refractivity contribution in [3.8, 4) is 0 Å². The van der Waals surface area contributed by atoms with Crippen LogP contribution in [0.4, 0.5) is 0 Å². The summed E-state index contributed by atoms with van der Waals surface area (Å²) in [5, 5.41) is 0. The Morgan fingerprint density at radius 3 is 1.94 bits per heavy atom. The van der Waals surface area contributed by atoms with Crippen LogP contribution in [0.2, 0.25) is 0 Å². The van der Waals surface area contributed by atoms with E-state index in [1.54, 1.807) is 0 Å². The fourth-order valence-electron chi connectivity index (χ4n) is 1.45. The van der Waals surface area contributed by atoms with Gasteiger partial charge in [0.25, 0.3) is 0 Å². The van der Waals surface area contributed by atoms with E-state index in [1.165, 1.54) is 5.57 Å². The summed E-state index contributed by atoms with van der Waals surface area (Å²) >= 11 is 0. The highest BCUT2D eigenvalue weighted by Gasteiger charge is 2.14. The maximum Gasteiger partial charge on any atom is -0.0138 e. The van der Waals surface area contributed by atoms with Crippen LogP contribution in [0.5, 0.6) is 0 Å². The average molecular weight is 232 g/mol. The lowest BCUT2D eigenvalue weighted by Crippen LogP contribution is -2.07. The minimum atomic E-state index is 0.118. The molecule has 0 saturated heterocycles. The molecule has 0 saturated carbocycles. The summed E-state index contributed by atoms with van der Waals surface area (Å²) < 4.78 is 0. The molecule has 0 radical (unpaired) electrons. The lowest BCUT2D eigenvalue weighted by atomic mass is 9.84. The van der Waals surface area contributed by atoms with Crippen LogP contribution in [0.1, 0.15) is 53.9 Å². The zero-order chi connectivity index (χ0) is 13.6. The molecule has 96 valence electrons. The van der Waals surface area contributed by atoms with Gasteiger partial charge in [0.15, 0.2) is 0 Å². The number of rotatable bonds is 6. The Balaban J connectivity index is 5.11. The smallest absolute Gasteiger partial charge is 0.0138 e. The Hall–Kier alpha value is -1.04. The van der Waals surface area contributed by atoms with E-state index in [-0.39, 0.29) is 5.41 Å². The molecule has 0 aromatic heterocycles. The number of allylic oxidation sites excluding steroid dienone is 5.